The van der Waals surface area contributed by atoms with Gasteiger partial charge in [0, 0.05) is 0 Å². The largest absolute Gasteiger partial charge is 0.395 e. The van der Waals surface area contributed by atoms with Gasteiger partial charge in [0.15, 0.2) is 0 Å². The first-order valence-corrected chi connectivity index (χ1v) is 5.27. The van der Waals surface area contributed by atoms with Crippen molar-refractivity contribution in [3.8, 4) is 0 Å². The summed E-state index contributed by atoms with van der Waals surface area (Å²) in [4.78, 5) is 0. The summed E-state index contributed by atoms with van der Waals surface area (Å²) in [6.07, 6.45) is -1.05. The van der Waals surface area contributed by atoms with Crippen molar-refractivity contribution in [3.05, 3.63) is 0 Å². The Morgan fingerprint density at radius 2 is 1.29 bits per heavy atom. The highest BCUT2D eigenvalue weighted by atomic mass is 19.4. The third kappa shape index (κ3) is 1.78. The predicted octanol–water partition coefficient (Wildman–Crippen LogP) is 4.55. The standard InChI is InChI=1S/C11H19F3/c1-9(2,3)10(11(12,13)14)7-5-4-6-8-10/h4-8H2,1-3H3. The summed E-state index contributed by atoms with van der Waals surface area (Å²) in [5, 5.41) is 0. The van der Waals surface area contributed by atoms with Crippen LogP contribution in [0.2, 0.25) is 0 Å². The van der Waals surface area contributed by atoms with Crippen LogP contribution in [-0.2, 0) is 0 Å². The molecule has 0 radical (unpaired) electrons. The van der Waals surface area contributed by atoms with E-state index in [-0.39, 0.29) is 0 Å². The maximum absolute atomic E-state index is 13.1. The van der Waals surface area contributed by atoms with E-state index in [1.165, 1.54) is 0 Å². The van der Waals surface area contributed by atoms with Gasteiger partial charge in [-0.3, -0.25) is 0 Å². The molecule has 0 heterocycles. The Kier molecular flexibility index (Phi) is 2.90. The molecule has 0 spiro atoms. The number of rotatable bonds is 0. The Bertz CT molecular complexity index is 176. The van der Waals surface area contributed by atoms with Gasteiger partial charge in [0.25, 0.3) is 0 Å². The topological polar surface area (TPSA) is 0 Å². The van der Waals surface area contributed by atoms with Crippen molar-refractivity contribution in [1.82, 2.24) is 0 Å². The predicted molar refractivity (Wildman–Crippen MR) is 51.0 cm³/mol. The molecular formula is C11H19F3. The molecule has 1 aliphatic carbocycles. The minimum atomic E-state index is -4.05. The fraction of sp³-hybridized carbons (Fsp3) is 1.00. The first kappa shape index (κ1) is 11.9. The Balaban J connectivity index is 3.01. The van der Waals surface area contributed by atoms with Crippen LogP contribution in [0.15, 0.2) is 0 Å². The maximum atomic E-state index is 13.1. The second-order valence-corrected chi connectivity index (χ2v) is 5.39. The number of hydrogen-bond donors (Lipinski definition) is 0. The van der Waals surface area contributed by atoms with Crippen LogP contribution in [0.5, 0.6) is 0 Å². The van der Waals surface area contributed by atoms with E-state index in [1.54, 1.807) is 20.8 Å². The molecule has 1 saturated carbocycles. The fourth-order valence-electron chi connectivity index (χ4n) is 2.61. The zero-order chi connectivity index (χ0) is 11.0. The molecule has 0 saturated heterocycles. The van der Waals surface area contributed by atoms with Gasteiger partial charge in [0.1, 0.15) is 0 Å². The molecule has 0 amide bonds. The van der Waals surface area contributed by atoms with E-state index in [4.69, 9.17) is 0 Å². The highest BCUT2D eigenvalue weighted by Crippen LogP contribution is 2.58. The number of alkyl halides is 3. The van der Waals surface area contributed by atoms with Crippen molar-refractivity contribution in [2.24, 2.45) is 10.8 Å². The van der Waals surface area contributed by atoms with Gasteiger partial charge in [-0.05, 0) is 18.3 Å². The van der Waals surface area contributed by atoms with E-state index in [1.807, 2.05) is 0 Å². The van der Waals surface area contributed by atoms with Crippen LogP contribution < -0.4 is 0 Å². The lowest BCUT2D eigenvalue weighted by Gasteiger charge is -2.48. The quantitative estimate of drug-likeness (QED) is 0.548. The van der Waals surface area contributed by atoms with E-state index >= 15 is 0 Å². The average Bonchev–Trinajstić information content (AvgIpc) is 2.02. The molecule has 0 N–H and O–H groups in total. The molecule has 0 aromatic carbocycles. The van der Waals surface area contributed by atoms with E-state index in [0.717, 1.165) is 19.3 Å². The lowest BCUT2D eigenvalue weighted by Crippen LogP contribution is -2.49. The molecule has 0 atom stereocenters. The van der Waals surface area contributed by atoms with Gasteiger partial charge in [-0.2, -0.15) is 13.2 Å². The summed E-state index contributed by atoms with van der Waals surface area (Å²) in [5.41, 5.74) is -2.12. The average molecular weight is 208 g/mol. The SMILES string of the molecule is CC(C)(C)C1(C(F)(F)F)CCCCC1. The summed E-state index contributed by atoms with van der Waals surface area (Å²) in [6, 6.07) is 0. The van der Waals surface area contributed by atoms with E-state index in [0.29, 0.717) is 12.8 Å². The lowest BCUT2D eigenvalue weighted by molar-refractivity contribution is -0.269. The molecule has 14 heavy (non-hydrogen) atoms. The normalized spacial score (nSPS) is 23.6. The summed E-state index contributed by atoms with van der Waals surface area (Å²) < 4.78 is 39.3. The molecule has 1 aliphatic rings. The number of hydrogen-bond acceptors (Lipinski definition) is 0. The first-order valence-electron chi connectivity index (χ1n) is 5.27. The summed E-state index contributed by atoms with van der Waals surface area (Å²) in [7, 11) is 0. The molecule has 0 unspecified atom stereocenters. The number of halogens is 3. The van der Waals surface area contributed by atoms with Gasteiger partial charge in [-0.1, -0.05) is 40.0 Å². The molecule has 0 nitrogen and oxygen atoms in total. The maximum Gasteiger partial charge on any atom is 0.395 e. The molecule has 0 aromatic heterocycles. The molecule has 3 heteroatoms. The molecular weight excluding hydrogens is 189 g/mol. The second kappa shape index (κ2) is 3.42. The monoisotopic (exact) mass is 208 g/mol. The van der Waals surface area contributed by atoms with Gasteiger partial charge in [-0.15, -0.1) is 0 Å². The zero-order valence-electron chi connectivity index (χ0n) is 9.17. The van der Waals surface area contributed by atoms with Crippen LogP contribution in [0.25, 0.3) is 0 Å². The van der Waals surface area contributed by atoms with Crippen molar-refractivity contribution in [1.29, 1.82) is 0 Å². The summed E-state index contributed by atoms with van der Waals surface area (Å²) in [5.74, 6) is 0. The van der Waals surface area contributed by atoms with Crippen molar-refractivity contribution in [2.45, 2.75) is 59.1 Å². The molecule has 0 aliphatic heterocycles. The Labute approximate surface area is 83.9 Å². The molecule has 84 valence electrons. The zero-order valence-corrected chi connectivity index (χ0v) is 9.17. The molecule has 1 fully saturated rings. The highest BCUT2D eigenvalue weighted by Gasteiger charge is 2.60. The van der Waals surface area contributed by atoms with Crippen molar-refractivity contribution < 1.29 is 13.2 Å². The lowest BCUT2D eigenvalue weighted by atomic mass is 9.59. The van der Waals surface area contributed by atoms with Gasteiger partial charge >= 0.3 is 6.18 Å². The Hall–Kier alpha value is -0.210. The van der Waals surface area contributed by atoms with E-state index in [9.17, 15) is 13.2 Å². The third-order valence-corrected chi connectivity index (χ3v) is 3.69. The van der Waals surface area contributed by atoms with Gasteiger partial charge in [-0.25, -0.2) is 0 Å². The van der Waals surface area contributed by atoms with Crippen LogP contribution in [0.4, 0.5) is 13.2 Å². The molecule has 0 aromatic rings. The minimum Gasteiger partial charge on any atom is -0.170 e. The smallest absolute Gasteiger partial charge is 0.170 e. The molecule has 1 rings (SSSR count). The second-order valence-electron chi connectivity index (χ2n) is 5.39. The summed E-state index contributed by atoms with van der Waals surface area (Å²) >= 11 is 0. The van der Waals surface area contributed by atoms with Crippen molar-refractivity contribution in [3.63, 3.8) is 0 Å². The van der Waals surface area contributed by atoms with Crippen LogP contribution in [0, 0.1) is 10.8 Å². The summed E-state index contributed by atoms with van der Waals surface area (Å²) in [6.45, 7) is 5.14. The first-order chi connectivity index (χ1) is 6.21. The minimum absolute atomic E-state index is 0.306. The van der Waals surface area contributed by atoms with Crippen LogP contribution in [0.1, 0.15) is 52.9 Å². The Morgan fingerprint density at radius 1 is 0.857 bits per heavy atom. The van der Waals surface area contributed by atoms with Gasteiger partial charge < -0.3 is 0 Å². The van der Waals surface area contributed by atoms with Crippen LogP contribution in [-0.4, -0.2) is 6.18 Å². The Morgan fingerprint density at radius 3 is 1.50 bits per heavy atom. The van der Waals surface area contributed by atoms with Crippen molar-refractivity contribution >= 4 is 0 Å². The van der Waals surface area contributed by atoms with Crippen molar-refractivity contribution in [2.75, 3.05) is 0 Å². The van der Waals surface area contributed by atoms with E-state index < -0.39 is 17.0 Å². The van der Waals surface area contributed by atoms with Gasteiger partial charge in [0.05, 0.1) is 5.41 Å². The van der Waals surface area contributed by atoms with Crippen LogP contribution >= 0.6 is 0 Å². The highest BCUT2D eigenvalue weighted by molar-refractivity contribution is 4.97. The fourth-order valence-corrected chi connectivity index (χ4v) is 2.61. The third-order valence-electron chi connectivity index (χ3n) is 3.69. The van der Waals surface area contributed by atoms with Crippen LogP contribution in [0.3, 0.4) is 0 Å². The van der Waals surface area contributed by atoms with Gasteiger partial charge in [0.2, 0.25) is 0 Å². The molecule has 0 bridgehead atoms. The van der Waals surface area contributed by atoms with E-state index in [2.05, 4.69) is 0 Å².